The topological polar surface area (TPSA) is 0 Å². The zero-order valence-electron chi connectivity index (χ0n) is 5.15. The fourth-order valence-electron chi connectivity index (χ4n) is 0.249. The van der Waals surface area contributed by atoms with Crippen LogP contribution in [0.15, 0.2) is 0 Å². The fourth-order valence-corrected chi connectivity index (χ4v) is 0.463. The maximum Gasteiger partial charge on any atom is 0.424 e. The molecule has 0 saturated carbocycles. The molecule has 0 atom stereocenters. The van der Waals surface area contributed by atoms with Crippen LogP contribution in [0.1, 0.15) is 6.92 Å². The van der Waals surface area contributed by atoms with Crippen molar-refractivity contribution in [1.82, 2.24) is 0 Å². The molecule has 0 radical (unpaired) electrons. The quantitative estimate of drug-likeness (QED) is 0.618. The van der Waals surface area contributed by atoms with Crippen LogP contribution in [0.2, 0.25) is 0 Å². The van der Waals surface area contributed by atoms with Crippen molar-refractivity contribution < 1.29 is 13.2 Å². The monoisotopic (exact) mass is 248 g/mol. The molecule has 0 unspecified atom stereocenters. The van der Waals surface area contributed by atoms with E-state index in [0.29, 0.717) is 0 Å². The van der Waals surface area contributed by atoms with E-state index in [-0.39, 0.29) is 0 Å². The summed E-state index contributed by atoms with van der Waals surface area (Å²) < 4.78 is 30.3. The van der Waals surface area contributed by atoms with E-state index in [2.05, 4.69) is 0 Å². The Hall–Kier alpha value is 0.950. The highest BCUT2D eigenvalue weighted by atomic mass is 35.5. The maximum absolute atomic E-state index is 11.9. The van der Waals surface area contributed by atoms with Crippen LogP contribution in [0.5, 0.6) is 0 Å². The summed E-state index contributed by atoms with van der Waals surface area (Å²) in [7, 11) is 0. The van der Waals surface area contributed by atoms with Gasteiger partial charge in [-0.1, -0.05) is 46.4 Å². The average Bonchev–Trinajstić information content (AvgIpc) is 1.58. The van der Waals surface area contributed by atoms with E-state index in [9.17, 15) is 13.2 Å². The normalized spacial score (nSPS) is 15.3. The van der Waals surface area contributed by atoms with E-state index in [1.54, 1.807) is 0 Å². The highest BCUT2D eigenvalue weighted by molar-refractivity contribution is 6.62. The van der Waals surface area contributed by atoms with Gasteiger partial charge < -0.3 is 0 Å². The second-order valence-corrected chi connectivity index (χ2v) is 4.99. The molecule has 0 aliphatic rings. The van der Waals surface area contributed by atoms with Crippen LogP contribution in [-0.2, 0) is 0 Å². The van der Waals surface area contributed by atoms with Gasteiger partial charge in [0.25, 0.3) is 0 Å². The molecule has 0 aromatic carbocycles. The average molecular weight is 250 g/mol. The molecule has 0 amide bonds. The molecule has 0 saturated heterocycles. The molecule has 7 heteroatoms. The lowest BCUT2D eigenvalue weighted by molar-refractivity contribution is -0.143. The number of hydrogen-bond donors (Lipinski definition) is 0. The van der Waals surface area contributed by atoms with E-state index in [1.165, 1.54) is 0 Å². The minimum absolute atomic E-state index is 0.865. The zero-order chi connectivity index (χ0) is 9.50. The van der Waals surface area contributed by atoms with E-state index in [4.69, 9.17) is 46.4 Å². The summed E-state index contributed by atoms with van der Waals surface area (Å²) in [5.74, 6) is 0. The highest BCUT2D eigenvalue weighted by Crippen LogP contribution is 2.52. The van der Waals surface area contributed by atoms with Gasteiger partial charge in [-0.25, -0.2) is 0 Å². The molecule has 68 valence electrons. The van der Waals surface area contributed by atoms with Gasteiger partial charge in [0.2, 0.25) is 4.33 Å². The summed E-state index contributed by atoms with van der Waals surface area (Å²) in [5.41, 5.74) is 0. The summed E-state index contributed by atoms with van der Waals surface area (Å²) >= 11 is 19.9. The molecule has 0 aliphatic heterocycles. The van der Waals surface area contributed by atoms with Gasteiger partial charge in [-0.05, 0) is 6.92 Å². The van der Waals surface area contributed by atoms with Crippen LogP contribution in [0, 0.1) is 0 Å². The van der Waals surface area contributed by atoms with Crippen LogP contribution in [0.3, 0.4) is 0 Å². The zero-order valence-corrected chi connectivity index (χ0v) is 8.17. The van der Waals surface area contributed by atoms with Crippen LogP contribution in [-0.4, -0.2) is 14.8 Å². The van der Waals surface area contributed by atoms with Crippen molar-refractivity contribution in [2.75, 3.05) is 0 Å². The van der Waals surface area contributed by atoms with Crippen LogP contribution in [0.25, 0.3) is 0 Å². The molecule has 0 N–H and O–H groups in total. The lowest BCUT2D eigenvalue weighted by Gasteiger charge is -2.30. The van der Waals surface area contributed by atoms with Crippen molar-refractivity contribution in [2.45, 2.75) is 21.8 Å². The first-order valence-corrected chi connectivity index (χ1v) is 3.83. The van der Waals surface area contributed by atoms with E-state index in [0.717, 1.165) is 6.92 Å². The van der Waals surface area contributed by atoms with Crippen molar-refractivity contribution >= 4 is 46.4 Å². The third kappa shape index (κ3) is 2.44. The number of rotatable bonds is 1. The Kier molecular flexibility index (Phi) is 3.28. The van der Waals surface area contributed by atoms with E-state index >= 15 is 0 Å². The largest absolute Gasteiger partial charge is 0.424 e. The van der Waals surface area contributed by atoms with Crippen molar-refractivity contribution in [2.24, 2.45) is 0 Å². The lowest BCUT2D eigenvalue weighted by atomic mass is 10.3. The molecular formula is C4H3Cl4F3. The lowest BCUT2D eigenvalue weighted by Crippen LogP contribution is -2.46. The predicted molar refractivity (Wildman–Crippen MR) is 40.6 cm³/mol. The van der Waals surface area contributed by atoms with E-state index in [1.807, 2.05) is 0 Å². The fraction of sp³-hybridized carbons (Fsp3) is 1.00. The molecular weight excluding hydrogens is 247 g/mol. The van der Waals surface area contributed by atoms with Gasteiger partial charge in [0, 0.05) is 0 Å². The van der Waals surface area contributed by atoms with Gasteiger partial charge >= 0.3 is 6.18 Å². The standard InChI is InChI=1S/C4H3Cl4F3/c1-2(5,6)3(7,8)4(9,10)11/h1H3. The summed E-state index contributed by atoms with van der Waals surface area (Å²) in [5, 5.41) is 0. The Morgan fingerprint density at radius 1 is 0.909 bits per heavy atom. The molecule has 0 bridgehead atoms. The second kappa shape index (κ2) is 3.02. The van der Waals surface area contributed by atoms with Crippen LogP contribution >= 0.6 is 46.4 Å². The number of alkyl halides is 7. The first-order chi connectivity index (χ1) is 4.50. The third-order valence-electron chi connectivity index (χ3n) is 0.907. The Balaban J connectivity index is 4.75. The molecule has 0 heterocycles. The van der Waals surface area contributed by atoms with Crippen molar-refractivity contribution in [1.29, 1.82) is 0 Å². The molecule has 0 nitrogen and oxygen atoms in total. The minimum atomic E-state index is -4.85. The van der Waals surface area contributed by atoms with Gasteiger partial charge in [0.1, 0.15) is 0 Å². The Labute approximate surface area is 81.5 Å². The Morgan fingerprint density at radius 2 is 1.18 bits per heavy atom. The van der Waals surface area contributed by atoms with Crippen molar-refractivity contribution in [3.8, 4) is 0 Å². The van der Waals surface area contributed by atoms with Gasteiger partial charge in [-0.2, -0.15) is 13.2 Å². The van der Waals surface area contributed by atoms with Gasteiger partial charge in [-0.15, -0.1) is 0 Å². The highest BCUT2D eigenvalue weighted by Gasteiger charge is 2.62. The molecule has 0 fully saturated rings. The molecule has 0 aliphatic carbocycles. The van der Waals surface area contributed by atoms with E-state index < -0.39 is 14.8 Å². The first kappa shape index (κ1) is 11.9. The molecule has 0 aromatic rings. The van der Waals surface area contributed by atoms with Crippen LogP contribution in [0.4, 0.5) is 13.2 Å². The van der Waals surface area contributed by atoms with Crippen molar-refractivity contribution in [3.05, 3.63) is 0 Å². The molecule has 0 rings (SSSR count). The summed E-state index contributed by atoms with van der Waals surface area (Å²) in [6.45, 7) is 0.865. The Morgan fingerprint density at radius 3 is 1.18 bits per heavy atom. The van der Waals surface area contributed by atoms with Gasteiger partial charge in [0.05, 0.1) is 0 Å². The predicted octanol–water partition coefficient (Wildman–Crippen LogP) is 3.92. The second-order valence-electron chi connectivity index (χ2n) is 1.96. The number of halogens is 7. The number of hydrogen-bond acceptors (Lipinski definition) is 0. The molecule has 0 spiro atoms. The summed E-state index contributed by atoms with van der Waals surface area (Å²) in [6.07, 6.45) is -4.85. The molecule has 0 aromatic heterocycles. The van der Waals surface area contributed by atoms with Gasteiger partial charge in [-0.3, -0.25) is 0 Å². The Bertz CT molecular complexity index is 128. The smallest absolute Gasteiger partial charge is 0.168 e. The molecule has 11 heavy (non-hydrogen) atoms. The summed E-state index contributed by atoms with van der Waals surface area (Å²) in [6, 6.07) is 0. The van der Waals surface area contributed by atoms with Gasteiger partial charge in [0.15, 0.2) is 4.33 Å². The van der Waals surface area contributed by atoms with Crippen LogP contribution < -0.4 is 0 Å². The maximum atomic E-state index is 11.9. The SMILES string of the molecule is CC(Cl)(Cl)C(Cl)(Cl)C(F)(F)F. The first-order valence-electron chi connectivity index (χ1n) is 2.32. The summed E-state index contributed by atoms with van der Waals surface area (Å²) in [4.78, 5) is 0. The minimum Gasteiger partial charge on any atom is -0.168 e. The third-order valence-corrected chi connectivity index (χ3v) is 3.05. The van der Waals surface area contributed by atoms with Crippen molar-refractivity contribution in [3.63, 3.8) is 0 Å².